The van der Waals surface area contributed by atoms with Crippen molar-refractivity contribution >= 4 is 15.2 Å². The standard InChI is InChI=1S/C30H30Si2/c1-31(2,3)32(4,29-25-17-9-5-13-21(25)22-14-6-10-18-26(22)29)30-27-19-11-7-15-23(27)24-16-8-12-20-28(24)30/h5-20,29-30H,1-4H3. The second kappa shape index (κ2) is 6.90. The molecular formula is C30H30Si2. The molecule has 0 bridgehead atoms. The second-order valence-electron chi connectivity index (χ2n) is 10.7. The van der Waals surface area contributed by atoms with Crippen LogP contribution in [-0.2, 0) is 0 Å². The van der Waals surface area contributed by atoms with E-state index in [1.54, 1.807) is 22.3 Å². The average molecular weight is 447 g/mol. The molecule has 32 heavy (non-hydrogen) atoms. The Balaban J connectivity index is 1.69. The zero-order valence-electron chi connectivity index (χ0n) is 19.4. The van der Waals surface area contributed by atoms with Crippen LogP contribution in [0.3, 0.4) is 0 Å². The maximum absolute atomic E-state index is 2.76. The molecule has 0 spiro atoms. The van der Waals surface area contributed by atoms with Gasteiger partial charge in [0.2, 0.25) is 0 Å². The minimum Gasteiger partial charge on any atom is -0.0714 e. The highest BCUT2D eigenvalue weighted by Gasteiger charge is 2.58. The van der Waals surface area contributed by atoms with Crippen LogP contribution in [0.15, 0.2) is 97.1 Å². The predicted octanol–water partition coefficient (Wildman–Crippen LogP) is 8.19. The molecule has 2 heteroatoms. The molecule has 2 aliphatic carbocycles. The molecule has 0 heterocycles. The van der Waals surface area contributed by atoms with E-state index in [0.717, 1.165) is 0 Å². The van der Waals surface area contributed by atoms with Gasteiger partial charge in [0.1, 0.15) is 0 Å². The molecule has 0 saturated heterocycles. The molecule has 4 aromatic carbocycles. The summed E-state index contributed by atoms with van der Waals surface area (Å²) in [5.41, 5.74) is 13.2. The van der Waals surface area contributed by atoms with Gasteiger partial charge in [0, 0.05) is 18.7 Å². The van der Waals surface area contributed by atoms with Crippen molar-refractivity contribution in [1.29, 1.82) is 0 Å². The van der Waals surface area contributed by atoms with Gasteiger partial charge in [0.15, 0.2) is 0 Å². The fourth-order valence-electron chi connectivity index (χ4n) is 6.64. The normalized spacial score (nSPS) is 15.2. The number of hydrogen-bond acceptors (Lipinski definition) is 0. The van der Waals surface area contributed by atoms with Gasteiger partial charge in [-0.25, -0.2) is 0 Å². The van der Waals surface area contributed by atoms with Crippen LogP contribution >= 0.6 is 0 Å². The van der Waals surface area contributed by atoms with Gasteiger partial charge < -0.3 is 0 Å². The average Bonchev–Trinajstić information content (AvgIpc) is 3.32. The Kier molecular flexibility index (Phi) is 4.31. The molecule has 0 fully saturated rings. The highest BCUT2D eigenvalue weighted by molar-refractivity contribution is 7.42. The molecule has 0 nitrogen and oxygen atoms in total. The lowest BCUT2D eigenvalue weighted by Crippen LogP contribution is -2.63. The van der Waals surface area contributed by atoms with E-state index in [4.69, 9.17) is 0 Å². The third kappa shape index (κ3) is 2.54. The highest BCUT2D eigenvalue weighted by Crippen LogP contribution is 2.59. The molecule has 0 aliphatic heterocycles. The van der Waals surface area contributed by atoms with Crippen molar-refractivity contribution in [1.82, 2.24) is 0 Å². The first-order chi connectivity index (χ1) is 15.4. The molecule has 0 aromatic heterocycles. The monoisotopic (exact) mass is 446 g/mol. The van der Waals surface area contributed by atoms with Crippen LogP contribution in [0.2, 0.25) is 26.2 Å². The van der Waals surface area contributed by atoms with Crippen LogP contribution in [0.1, 0.15) is 33.3 Å². The van der Waals surface area contributed by atoms with Gasteiger partial charge in [-0.1, -0.05) is 123 Å². The van der Waals surface area contributed by atoms with Gasteiger partial charge >= 0.3 is 0 Å². The Morgan fingerprint density at radius 1 is 0.406 bits per heavy atom. The molecule has 0 N–H and O–H groups in total. The molecule has 0 amide bonds. The maximum atomic E-state index is 2.76. The summed E-state index contributed by atoms with van der Waals surface area (Å²) in [6, 6.07) is 37.0. The van der Waals surface area contributed by atoms with Gasteiger partial charge in [-0.15, -0.1) is 0 Å². The fourth-order valence-corrected chi connectivity index (χ4v) is 19.4. The summed E-state index contributed by atoms with van der Waals surface area (Å²) >= 11 is 0. The first kappa shape index (κ1) is 20.0. The first-order valence-electron chi connectivity index (χ1n) is 11.8. The summed E-state index contributed by atoms with van der Waals surface area (Å²) in [6.07, 6.45) is 0. The number of benzene rings is 4. The quantitative estimate of drug-likeness (QED) is 0.278. The summed E-state index contributed by atoms with van der Waals surface area (Å²) < 4.78 is 0. The Bertz CT molecular complexity index is 1160. The number of fused-ring (bicyclic) bond motifs is 6. The summed E-state index contributed by atoms with van der Waals surface area (Å²) in [7, 11) is -3.53. The summed E-state index contributed by atoms with van der Waals surface area (Å²) in [5.74, 6) is 0. The smallest absolute Gasteiger partial charge is 0.0702 e. The number of rotatable bonds is 3. The molecule has 0 unspecified atom stereocenters. The molecule has 4 aromatic rings. The highest BCUT2D eigenvalue weighted by atomic mass is 29.3. The van der Waals surface area contributed by atoms with E-state index in [0.29, 0.717) is 11.1 Å². The van der Waals surface area contributed by atoms with Crippen LogP contribution in [0.5, 0.6) is 0 Å². The third-order valence-electron chi connectivity index (χ3n) is 8.48. The van der Waals surface area contributed by atoms with E-state index >= 15 is 0 Å². The fraction of sp³-hybridized carbons (Fsp3) is 0.200. The summed E-state index contributed by atoms with van der Waals surface area (Å²) in [6.45, 7) is 10.7. The zero-order chi connectivity index (χ0) is 22.1. The van der Waals surface area contributed by atoms with E-state index in [-0.39, 0.29) is 0 Å². The number of hydrogen-bond donors (Lipinski definition) is 0. The van der Waals surface area contributed by atoms with Gasteiger partial charge in [-0.3, -0.25) is 0 Å². The molecule has 0 radical (unpaired) electrons. The molecular weight excluding hydrogens is 417 g/mol. The van der Waals surface area contributed by atoms with E-state index in [2.05, 4.69) is 123 Å². The first-order valence-corrected chi connectivity index (χ1v) is 18.9. The van der Waals surface area contributed by atoms with E-state index in [1.807, 2.05) is 0 Å². The van der Waals surface area contributed by atoms with E-state index in [9.17, 15) is 0 Å². The lowest BCUT2D eigenvalue weighted by atomic mass is 10.1. The minimum absolute atomic E-state index is 0.533. The maximum Gasteiger partial charge on any atom is 0.0702 e. The van der Waals surface area contributed by atoms with Crippen molar-refractivity contribution in [3.8, 4) is 22.3 Å². The molecule has 0 saturated carbocycles. The van der Waals surface area contributed by atoms with Crippen LogP contribution in [0.25, 0.3) is 22.3 Å². The Morgan fingerprint density at radius 2 is 0.656 bits per heavy atom. The summed E-state index contributed by atoms with van der Waals surface area (Å²) in [4.78, 5) is 0. The second-order valence-corrected chi connectivity index (χ2v) is 26.7. The van der Waals surface area contributed by atoms with Gasteiger partial charge in [0.05, 0.1) is 7.59 Å². The lowest BCUT2D eigenvalue weighted by molar-refractivity contribution is 1.03. The van der Waals surface area contributed by atoms with E-state index in [1.165, 1.54) is 22.3 Å². The lowest BCUT2D eigenvalue weighted by Gasteiger charge is -2.49. The zero-order valence-corrected chi connectivity index (χ0v) is 21.4. The van der Waals surface area contributed by atoms with Crippen molar-refractivity contribution in [2.24, 2.45) is 0 Å². The van der Waals surface area contributed by atoms with Crippen LogP contribution in [0.4, 0.5) is 0 Å². The molecule has 0 atom stereocenters. The molecule has 6 rings (SSSR count). The third-order valence-corrected chi connectivity index (χ3v) is 26.8. The topological polar surface area (TPSA) is 0 Å². The minimum atomic E-state index is -1.95. The Hall–Kier alpha value is -2.69. The predicted molar refractivity (Wildman–Crippen MR) is 142 cm³/mol. The van der Waals surface area contributed by atoms with Crippen molar-refractivity contribution in [3.63, 3.8) is 0 Å². The largest absolute Gasteiger partial charge is 0.0714 e. The van der Waals surface area contributed by atoms with E-state index < -0.39 is 15.2 Å². The van der Waals surface area contributed by atoms with Crippen LogP contribution in [-0.4, -0.2) is 15.2 Å². The molecule has 2 aliphatic rings. The van der Waals surface area contributed by atoms with Crippen molar-refractivity contribution in [2.75, 3.05) is 0 Å². The van der Waals surface area contributed by atoms with Crippen LogP contribution in [0, 0.1) is 0 Å². The van der Waals surface area contributed by atoms with Gasteiger partial charge in [-0.2, -0.15) is 0 Å². The van der Waals surface area contributed by atoms with Crippen LogP contribution < -0.4 is 0 Å². The van der Waals surface area contributed by atoms with Gasteiger partial charge in [-0.05, 0) is 44.5 Å². The summed E-state index contributed by atoms with van der Waals surface area (Å²) in [5, 5.41) is 0. The van der Waals surface area contributed by atoms with Crippen molar-refractivity contribution in [3.05, 3.63) is 119 Å². The SMILES string of the molecule is C[Si](C)(C)[Si](C)(C1c2ccccc2-c2ccccc21)C1c2ccccc2-c2ccccc21. The van der Waals surface area contributed by atoms with Crippen molar-refractivity contribution in [2.45, 2.75) is 37.3 Å². The van der Waals surface area contributed by atoms with Crippen molar-refractivity contribution < 1.29 is 0 Å². The Morgan fingerprint density at radius 3 is 0.906 bits per heavy atom. The van der Waals surface area contributed by atoms with Gasteiger partial charge in [0.25, 0.3) is 0 Å². The Labute approximate surface area is 193 Å². The molecule has 158 valence electrons.